The zero-order chi connectivity index (χ0) is 37.1. The minimum absolute atomic E-state index is 0.0202. The Kier molecular flexibility index (Phi) is 16.1. The first-order valence-electron chi connectivity index (χ1n) is 19.0. The number of rotatable bonds is 15. The molecule has 0 amide bonds. The van der Waals surface area contributed by atoms with E-state index in [1.807, 2.05) is 0 Å². The maximum Gasteiger partial charge on any atom is 0.193 e. The molecule has 2 aliphatic heterocycles. The summed E-state index contributed by atoms with van der Waals surface area (Å²) >= 11 is 2.33. The van der Waals surface area contributed by atoms with E-state index in [4.69, 9.17) is 27.2 Å². The van der Waals surface area contributed by atoms with E-state index in [1.54, 1.807) is 0 Å². The molecule has 2 saturated heterocycles. The molecule has 284 valence electrons. The highest BCUT2D eigenvalue weighted by atomic mass is 127. The first kappa shape index (κ1) is 45.3. The lowest BCUT2D eigenvalue weighted by Crippen LogP contribution is -2.69. The summed E-state index contributed by atoms with van der Waals surface area (Å²) < 4.78 is 45.5. The number of hydrogen-bond donors (Lipinski definition) is 0. The van der Waals surface area contributed by atoms with Crippen LogP contribution in [0.3, 0.4) is 0 Å². The van der Waals surface area contributed by atoms with Gasteiger partial charge >= 0.3 is 0 Å². The van der Waals surface area contributed by atoms with Crippen molar-refractivity contribution in [3.05, 3.63) is 10.2 Å². The molecule has 0 bridgehead atoms. The maximum atomic E-state index is 7.54. The van der Waals surface area contributed by atoms with E-state index in [9.17, 15) is 0 Å². The van der Waals surface area contributed by atoms with E-state index in [1.165, 1.54) is 18.1 Å². The van der Waals surface area contributed by atoms with Crippen molar-refractivity contribution < 1.29 is 27.2 Å². The van der Waals surface area contributed by atoms with Gasteiger partial charge in [-0.3, -0.25) is 0 Å². The van der Waals surface area contributed by atoms with Crippen LogP contribution in [0.4, 0.5) is 0 Å². The second-order valence-electron chi connectivity index (χ2n) is 19.2. The van der Waals surface area contributed by atoms with Crippen LogP contribution in [-0.2, 0) is 27.2 Å². The Balaban J connectivity index is 2.65. The molecule has 2 heterocycles. The summed E-state index contributed by atoms with van der Waals surface area (Å²) in [5.74, 6) is 0. The van der Waals surface area contributed by atoms with Gasteiger partial charge in [-0.15, -0.1) is 0 Å². The van der Waals surface area contributed by atoms with Crippen molar-refractivity contribution in [2.45, 2.75) is 218 Å². The summed E-state index contributed by atoms with van der Waals surface area (Å²) in [6.45, 7) is 42.6. The Morgan fingerprint density at radius 1 is 0.708 bits per heavy atom. The van der Waals surface area contributed by atoms with Gasteiger partial charge in [0.2, 0.25) is 0 Å². The molecule has 11 heteroatoms. The molecular formula is C37H77IO6Si4. The molecule has 2 rings (SSSR count). The first-order chi connectivity index (χ1) is 21.7. The molecule has 0 aromatic heterocycles. The minimum atomic E-state index is -2.28. The first-order valence-corrected chi connectivity index (χ1v) is 31.5. The van der Waals surface area contributed by atoms with Crippen molar-refractivity contribution in [2.24, 2.45) is 0 Å². The van der Waals surface area contributed by atoms with Gasteiger partial charge in [-0.1, -0.05) is 106 Å². The predicted molar refractivity (Wildman–Crippen MR) is 224 cm³/mol. The summed E-state index contributed by atoms with van der Waals surface area (Å²) in [6.07, 6.45) is 3.74. The molecule has 6 nitrogen and oxygen atoms in total. The lowest BCUT2D eigenvalue weighted by atomic mass is 9.87. The van der Waals surface area contributed by atoms with E-state index in [0.717, 1.165) is 25.9 Å². The third-order valence-corrected chi connectivity index (χ3v) is 31.4. The Morgan fingerprint density at radius 3 is 1.62 bits per heavy atom. The second kappa shape index (κ2) is 17.1. The second-order valence-corrected chi connectivity index (χ2v) is 38.9. The molecule has 0 saturated carbocycles. The summed E-state index contributed by atoms with van der Waals surface area (Å²) in [5, 5.41) is 0.116. The van der Waals surface area contributed by atoms with Crippen molar-refractivity contribution in [2.75, 3.05) is 6.61 Å². The van der Waals surface area contributed by atoms with Crippen molar-refractivity contribution >= 4 is 55.9 Å². The van der Waals surface area contributed by atoms with E-state index in [2.05, 4.69) is 155 Å². The van der Waals surface area contributed by atoms with Gasteiger partial charge in [-0.05, 0) is 102 Å². The van der Waals surface area contributed by atoms with Crippen LogP contribution < -0.4 is 0 Å². The van der Waals surface area contributed by atoms with Gasteiger partial charge in [0.1, 0.15) is 24.4 Å². The summed E-state index contributed by atoms with van der Waals surface area (Å²) in [6, 6.07) is 3.51. The van der Waals surface area contributed by atoms with Crippen molar-refractivity contribution in [1.82, 2.24) is 0 Å². The normalized spacial score (nSPS) is 27.7. The van der Waals surface area contributed by atoms with Gasteiger partial charge in [-0.25, -0.2) is 0 Å². The minimum Gasteiger partial charge on any atom is -0.417 e. The molecule has 0 aromatic carbocycles. The molecule has 6 unspecified atom stereocenters. The summed E-state index contributed by atoms with van der Waals surface area (Å²) in [5.41, 5.74) is 0. The number of hydrogen-bond acceptors (Lipinski definition) is 6. The zero-order valence-electron chi connectivity index (χ0n) is 34.5. The monoisotopic (exact) mass is 856 g/mol. The topological polar surface area (TPSA) is 55.4 Å². The highest BCUT2D eigenvalue weighted by Gasteiger charge is 2.57. The lowest BCUT2D eigenvalue weighted by Gasteiger charge is -2.56. The Morgan fingerprint density at radius 2 is 1.19 bits per heavy atom. The fraction of sp³-hybridized carbons (Fsp3) is 0.946. The van der Waals surface area contributed by atoms with Crippen molar-refractivity contribution in [1.29, 1.82) is 0 Å². The largest absolute Gasteiger partial charge is 0.417 e. The van der Waals surface area contributed by atoms with Crippen molar-refractivity contribution in [3.63, 3.8) is 0 Å². The van der Waals surface area contributed by atoms with E-state index in [0.29, 0.717) is 0 Å². The van der Waals surface area contributed by atoms with Crippen LogP contribution in [0.5, 0.6) is 0 Å². The molecule has 0 aliphatic carbocycles. The highest BCUT2D eigenvalue weighted by molar-refractivity contribution is 14.1. The van der Waals surface area contributed by atoms with Crippen molar-refractivity contribution in [3.8, 4) is 0 Å². The fourth-order valence-electron chi connectivity index (χ4n) is 6.03. The predicted octanol–water partition coefficient (Wildman–Crippen LogP) is 11.8. The van der Waals surface area contributed by atoms with Crippen LogP contribution in [0.1, 0.15) is 102 Å². The lowest BCUT2D eigenvalue weighted by molar-refractivity contribution is -0.267. The molecule has 0 radical (unpaired) electrons. The molecule has 2 aliphatic rings. The molecule has 48 heavy (non-hydrogen) atoms. The smallest absolute Gasteiger partial charge is 0.193 e. The molecule has 2 fully saturated rings. The summed E-state index contributed by atoms with van der Waals surface area (Å²) in [7, 11) is -8.34. The number of fused-ring (bicyclic) bond motifs is 1. The van der Waals surface area contributed by atoms with E-state index >= 15 is 0 Å². The number of halogens is 1. The average Bonchev–Trinajstić information content (AvgIpc) is 2.94. The number of ether oxygens (including phenoxy) is 2. The molecule has 0 aromatic rings. The van der Waals surface area contributed by atoms with E-state index < -0.39 is 33.3 Å². The fourth-order valence-corrected chi connectivity index (χ4v) is 13.0. The third-order valence-electron chi connectivity index (χ3n) is 12.9. The average molecular weight is 857 g/mol. The van der Waals surface area contributed by atoms with Crippen LogP contribution in [0.15, 0.2) is 10.2 Å². The zero-order valence-corrected chi connectivity index (χ0v) is 40.6. The van der Waals surface area contributed by atoms with Crippen LogP contribution in [0, 0.1) is 0 Å². The Hall–Kier alpha value is 1.10. The highest BCUT2D eigenvalue weighted by Crippen LogP contribution is 2.47. The Labute approximate surface area is 315 Å². The quantitative estimate of drug-likeness (QED) is 0.121. The Bertz CT molecular complexity index is 1020. The van der Waals surface area contributed by atoms with Gasteiger partial charge in [0.15, 0.2) is 33.3 Å². The molecule has 0 N–H and O–H groups in total. The standard InChI is InChI=1S/C37H77IO6Si4/c1-19-48(20-2,21-3)39-27-25-28-22-23-29-31(40-28)33(43-46(15,16)36(7,8)9)34(44-47(17,18)37(10,11)12)32(41-29)30(24-26-38)42-45(13,14)35(4,5)6/h24,26,28-34H,19-23,25,27H2,1-18H3/b26-24+/t28?,29-,30?,31?,32?,33?,34?/m0/s1. The van der Waals surface area contributed by atoms with Gasteiger partial charge < -0.3 is 27.2 Å². The maximum absolute atomic E-state index is 7.54. The van der Waals surface area contributed by atoms with Crippen LogP contribution >= 0.6 is 22.6 Å². The molecule has 7 atom stereocenters. The SMILES string of the molecule is CC[Si](CC)(CC)OCCC1CC[C@@H]2OC(C(/C=C/I)O[Si](C)(C)C(C)(C)C)C(O[Si](C)(C)C(C)(C)C)C(O[Si](C)(C)C(C)(C)C)C2O1. The summed E-state index contributed by atoms with van der Waals surface area (Å²) in [4.78, 5) is 0. The van der Waals surface area contributed by atoms with Crippen LogP contribution in [0.2, 0.25) is 72.5 Å². The van der Waals surface area contributed by atoms with Crippen LogP contribution in [-0.4, -0.2) is 82.6 Å². The van der Waals surface area contributed by atoms with Gasteiger partial charge in [0, 0.05) is 6.61 Å². The third kappa shape index (κ3) is 11.1. The van der Waals surface area contributed by atoms with Gasteiger partial charge in [0.25, 0.3) is 0 Å². The van der Waals surface area contributed by atoms with Gasteiger partial charge in [0.05, 0.1) is 18.3 Å². The van der Waals surface area contributed by atoms with Crippen LogP contribution in [0.25, 0.3) is 0 Å². The molecular weight excluding hydrogens is 780 g/mol. The molecule has 0 spiro atoms. The van der Waals surface area contributed by atoms with E-state index in [-0.39, 0.29) is 57.8 Å². The van der Waals surface area contributed by atoms with Gasteiger partial charge in [-0.2, -0.15) is 0 Å².